The predicted octanol–water partition coefficient (Wildman–Crippen LogP) is 1.27. The zero-order chi connectivity index (χ0) is 9.14. The fourth-order valence-electron chi connectivity index (χ4n) is 0.948. The molecule has 0 bridgehead atoms. The van der Waals surface area contributed by atoms with E-state index in [2.05, 4.69) is 9.97 Å². The Morgan fingerprint density at radius 1 is 1.33 bits per heavy atom. The fraction of sp³-hybridized carbons (Fsp3) is 0.500. The summed E-state index contributed by atoms with van der Waals surface area (Å²) in [7, 11) is 0. The molecule has 0 aliphatic carbocycles. The van der Waals surface area contributed by atoms with Crippen LogP contribution in [0.5, 0.6) is 0 Å². The number of hydrogen-bond donors (Lipinski definition) is 1. The monoisotopic (exact) mass is 183 g/mol. The lowest BCUT2D eigenvalue weighted by Gasteiger charge is -2.06. The van der Waals surface area contributed by atoms with Gasteiger partial charge in [-0.3, -0.25) is 0 Å². The van der Waals surface area contributed by atoms with Gasteiger partial charge < -0.3 is 5.73 Å². The molecule has 2 N–H and O–H groups in total. The topological polar surface area (TPSA) is 51.8 Å². The number of thioether (sulfide) groups is 1. The van der Waals surface area contributed by atoms with E-state index >= 15 is 0 Å². The van der Waals surface area contributed by atoms with Gasteiger partial charge in [0.25, 0.3) is 0 Å². The number of nitrogens with zero attached hydrogens (tertiary/aromatic N) is 2. The maximum absolute atomic E-state index is 5.46. The predicted molar refractivity (Wildman–Crippen MR) is 51.2 cm³/mol. The van der Waals surface area contributed by atoms with Crippen LogP contribution in [0.3, 0.4) is 0 Å². The lowest BCUT2D eigenvalue weighted by molar-refractivity contribution is 0.832. The third kappa shape index (κ3) is 1.76. The van der Waals surface area contributed by atoms with E-state index in [0.29, 0.717) is 6.54 Å². The lowest BCUT2D eigenvalue weighted by Crippen LogP contribution is -2.06. The van der Waals surface area contributed by atoms with Crippen molar-refractivity contribution in [2.24, 2.45) is 5.73 Å². The first-order valence-electron chi connectivity index (χ1n) is 3.77. The highest BCUT2D eigenvalue weighted by atomic mass is 32.2. The van der Waals surface area contributed by atoms with Crippen LogP contribution in [-0.2, 0) is 6.54 Å². The Hall–Kier alpha value is -0.610. The van der Waals surface area contributed by atoms with Crippen LogP contribution in [0.25, 0.3) is 0 Å². The van der Waals surface area contributed by atoms with Gasteiger partial charge in [-0.2, -0.15) is 0 Å². The molecule has 0 saturated heterocycles. The minimum absolute atomic E-state index is 0.411. The minimum Gasteiger partial charge on any atom is -0.324 e. The van der Waals surface area contributed by atoms with Gasteiger partial charge in [0.15, 0.2) is 0 Å². The lowest BCUT2D eigenvalue weighted by atomic mass is 10.3. The van der Waals surface area contributed by atoms with E-state index in [1.165, 1.54) is 0 Å². The van der Waals surface area contributed by atoms with Crippen molar-refractivity contribution in [3.63, 3.8) is 0 Å². The van der Waals surface area contributed by atoms with Crippen molar-refractivity contribution >= 4 is 11.8 Å². The van der Waals surface area contributed by atoms with Gasteiger partial charge in [-0.15, -0.1) is 11.8 Å². The van der Waals surface area contributed by atoms with Crippen molar-refractivity contribution in [3.05, 3.63) is 17.1 Å². The van der Waals surface area contributed by atoms with Gasteiger partial charge in [0.2, 0.25) is 0 Å². The molecular weight excluding hydrogens is 170 g/mol. The van der Waals surface area contributed by atoms with Crippen LogP contribution in [0.2, 0.25) is 0 Å². The zero-order valence-electron chi connectivity index (χ0n) is 7.59. The van der Waals surface area contributed by atoms with Crippen molar-refractivity contribution in [1.82, 2.24) is 9.97 Å². The normalized spacial score (nSPS) is 10.3. The molecule has 0 radical (unpaired) electrons. The molecule has 4 heteroatoms. The summed E-state index contributed by atoms with van der Waals surface area (Å²) in [5, 5.41) is 1.03. The molecule has 1 heterocycles. The molecule has 0 aliphatic rings. The summed E-state index contributed by atoms with van der Waals surface area (Å²) in [6.07, 6.45) is 2.01. The van der Waals surface area contributed by atoms with E-state index in [-0.39, 0.29) is 0 Å². The quantitative estimate of drug-likeness (QED) is 0.554. The minimum atomic E-state index is 0.411. The Labute approximate surface area is 76.8 Å². The first-order chi connectivity index (χ1) is 5.69. The third-order valence-electron chi connectivity index (χ3n) is 1.77. The summed E-state index contributed by atoms with van der Waals surface area (Å²) in [6.45, 7) is 4.42. The van der Waals surface area contributed by atoms with Crippen molar-refractivity contribution in [2.75, 3.05) is 6.26 Å². The zero-order valence-corrected chi connectivity index (χ0v) is 8.40. The molecule has 0 amide bonds. The summed E-state index contributed by atoms with van der Waals surface area (Å²) >= 11 is 1.63. The molecule has 1 rings (SSSR count). The first kappa shape index (κ1) is 9.48. The molecule has 12 heavy (non-hydrogen) atoms. The smallest absolute Gasteiger partial charge is 0.143 e. The molecule has 0 fully saturated rings. The first-order valence-corrected chi connectivity index (χ1v) is 4.99. The van der Waals surface area contributed by atoms with Gasteiger partial charge >= 0.3 is 0 Å². The maximum atomic E-state index is 5.46. The van der Waals surface area contributed by atoms with Gasteiger partial charge in [-0.1, -0.05) is 0 Å². The van der Waals surface area contributed by atoms with Crippen LogP contribution in [0, 0.1) is 13.8 Å². The van der Waals surface area contributed by atoms with Crippen LogP contribution < -0.4 is 5.73 Å². The number of aromatic nitrogens is 2. The molecule has 1 aromatic rings. The Morgan fingerprint density at radius 3 is 2.50 bits per heavy atom. The van der Waals surface area contributed by atoms with E-state index in [9.17, 15) is 0 Å². The van der Waals surface area contributed by atoms with E-state index in [1.807, 2.05) is 20.1 Å². The van der Waals surface area contributed by atoms with Crippen molar-refractivity contribution in [3.8, 4) is 0 Å². The van der Waals surface area contributed by atoms with E-state index < -0.39 is 0 Å². The van der Waals surface area contributed by atoms with Gasteiger partial charge in [-0.05, 0) is 20.1 Å². The Kier molecular flexibility index (Phi) is 3.05. The van der Waals surface area contributed by atoms with Crippen molar-refractivity contribution in [2.45, 2.75) is 25.4 Å². The Balaban J connectivity index is 3.19. The van der Waals surface area contributed by atoms with E-state index in [0.717, 1.165) is 22.1 Å². The van der Waals surface area contributed by atoms with E-state index in [4.69, 9.17) is 5.73 Å². The van der Waals surface area contributed by atoms with Crippen LogP contribution >= 0.6 is 11.8 Å². The van der Waals surface area contributed by atoms with Crippen LogP contribution in [0.1, 0.15) is 17.1 Å². The number of rotatable bonds is 2. The van der Waals surface area contributed by atoms with Crippen LogP contribution in [0.15, 0.2) is 5.03 Å². The number of aryl methyl sites for hydroxylation is 1. The second kappa shape index (κ2) is 3.87. The summed E-state index contributed by atoms with van der Waals surface area (Å²) in [5.74, 6) is 0.724. The second-order valence-electron chi connectivity index (χ2n) is 2.56. The molecule has 0 spiro atoms. The number of hydrogen-bond acceptors (Lipinski definition) is 4. The van der Waals surface area contributed by atoms with Gasteiger partial charge in [0, 0.05) is 11.3 Å². The summed E-state index contributed by atoms with van der Waals surface area (Å²) < 4.78 is 0. The van der Waals surface area contributed by atoms with Crippen LogP contribution in [-0.4, -0.2) is 16.2 Å². The van der Waals surface area contributed by atoms with Crippen molar-refractivity contribution < 1.29 is 0 Å². The highest BCUT2D eigenvalue weighted by Crippen LogP contribution is 2.18. The van der Waals surface area contributed by atoms with Crippen molar-refractivity contribution in [1.29, 1.82) is 0 Å². The second-order valence-corrected chi connectivity index (χ2v) is 3.36. The molecule has 1 aromatic heterocycles. The standard InChI is InChI=1S/C8H13N3S/c1-5-6(2)10-7(4-9)11-8(5)12-3/h4,9H2,1-3H3. The Bertz CT molecular complexity index is 286. The SMILES string of the molecule is CSc1nc(CN)nc(C)c1C. The van der Waals surface area contributed by atoms with E-state index in [1.54, 1.807) is 11.8 Å². The largest absolute Gasteiger partial charge is 0.324 e. The van der Waals surface area contributed by atoms with Crippen LogP contribution in [0.4, 0.5) is 0 Å². The third-order valence-corrected chi connectivity index (χ3v) is 2.55. The average molecular weight is 183 g/mol. The fourth-order valence-corrected chi connectivity index (χ4v) is 1.60. The van der Waals surface area contributed by atoms with Gasteiger partial charge in [0.1, 0.15) is 10.9 Å². The molecule has 0 unspecified atom stereocenters. The average Bonchev–Trinajstić information content (AvgIpc) is 2.09. The van der Waals surface area contributed by atoms with Gasteiger partial charge in [0.05, 0.1) is 6.54 Å². The molecular formula is C8H13N3S. The summed E-state index contributed by atoms with van der Waals surface area (Å²) in [4.78, 5) is 8.55. The molecule has 0 atom stereocenters. The highest BCUT2D eigenvalue weighted by Gasteiger charge is 2.04. The molecule has 0 aromatic carbocycles. The Morgan fingerprint density at radius 2 is 2.00 bits per heavy atom. The molecule has 0 saturated carbocycles. The summed E-state index contributed by atoms with van der Waals surface area (Å²) in [6, 6.07) is 0. The molecule has 3 nitrogen and oxygen atoms in total. The molecule has 66 valence electrons. The maximum Gasteiger partial charge on any atom is 0.143 e. The molecule has 0 aliphatic heterocycles. The number of nitrogens with two attached hydrogens (primary N) is 1. The summed E-state index contributed by atoms with van der Waals surface area (Å²) in [5.41, 5.74) is 7.63. The van der Waals surface area contributed by atoms with Gasteiger partial charge in [-0.25, -0.2) is 9.97 Å². The highest BCUT2D eigenvalue weighted by molar-refractivity contribution is 7.98.